The first-order valence-corrected chi connectivity index (χ1v) is 6.30. The van der Waals surface area contributed by atoms with Gasteiger partial charge in [-0.1, -0.05) is 12.8 Å². The number of likely N-dealkylation sites (N-methyl/N-ethyl adjacent to an activating group) is 1. The molecule has 3 nitrogen and oxygen atoms in total. The maximum atomic E-state index is 5.46. The molecule has 0 aromatic heterocycles. The van der Waals surface area contributed by atoms with Gasteiger partial charge in [-0.15, -0.1) is 0 Å². The minimum atomic E-state index is 0.415. The van der Waals surface area contributed by atoms with Crippen LogP contribution in [0.15, 0.2) is 0 Å². The summed E-state index contributed by atoms with van der Waals surface area (Å²) in [5, 5.41) is 3.46. The van der Waals surface area contributed by atoms with Crippen molar-refractivity contribution < 1.29 is 4.74 Å². The highest BCUT2D eigenvalue weighted by Crippen LogP contribution is 2.38. The molecule has 1 atom stereocenters. The van der Waals surface area contributed by atoms with Crippen LogP contribution in [0.25, 0.3) is 0 Å². The van der Waals surface area contributed by atoms with Crippen LogP contribution in [-0.2, 0) is 4.74 Å². The quantitative estimate of drug-likeness (QED) is 0.762. The molecule has 88 valence electrons. The lowest BCUT2D eigenvalue weighted by molar-refractivity contribution is -0.0323. The number of nitrogens with one attached hydrogen (secondary N) is 1. The molecule has 2 rings (SSSR count). The maximum absolute atomic E-state index is 5.46. The van der Waals surface area contributed by atoms with E-state index in [1.165, 1.54) is 25.7 Å². The molecule has 1 aliphatic carbocycles. The number of hydrogen-bond donors (Lipinski definition) is 1. The molecule has 1 N–H and O–H groups in total. The predicted octanol–water partition coefficient (Wildman–Crippen LogP) is 1.24. The zero-order chi connectivity index (χ0) is 10.7. The Bertz CT molecular complexity index is 196. The minimum Gasteiger partial charge on any atom is -0.379 e. The normalized spacial score (nSPS) is 29.2. The van der Waals surface area contributed by atoms with E-state index >= 15 is 0 Å². The molecule has 0 amide bonds. The maximum Gasteiger partial charge on any atom is 0.0594 e. The average Bonchev–Trinajstić information content (AvgIpc) is 2.79. The van der Waals surface area contributed by atoms with Crippen LogP contribution in [0.2, 0.25) is 0 Å². The molecule has 3 heteroatoms. The van der Waals surface area contributed by atoms with Crippen molar-refractivity contribution in [2.75, 3.05) is 33.4 Å². The fraction of sp³-hybridized carbons (Fsp3) is 1.00. The number of nitrogens with zero attached hydrogens (tertiary/aromatic N) is 1. The Morgan fingerprint density at radius 1 is 1.20 bits per heavy atom. The van der Waals surface area contributed by atoms with Crippen molar-refractivity contribution in [2.45, 2.75) is 44.2 Å². The van der Waals surface area contributed by atoms with Gasteiger partial charge in [-0.2, -0.15) is 0 Å². The summed E-state index contributed by atoms with van der Waals surface area (Å²) < 4.78 is 5.46. The van der Waals surface area contributed by atoms with Crippen LogP contribution in [0.5, 0.6) is 0 Å². The largest absolute Gasteiger partial charge is 0.379 e. The molecule has 2 fully saturated rings. The Kier molecular flexibility index (Phi) is 3.65. The average molecular weight is 212 g/mol. The van der Waals surface area contributed by atoms with Crippen molar-refractivity contribution in [2.24, 2.45) is 0 Å². The molecule has 1 heterocycles. The smallest absolute Gasteiger partial charge is 0.0594 e. The highest BCUT2D eigenvalue weighted by atomic mass is 16.5. The molecule has 0 bridgehead atoms. The molecule has 1 saturated heterocycles. The van der Waals surface area contributed by atoms with Crippen LogP contribution in [0, 0.1) is 0 Å². The van der Waals surface area contributed by atoms with Crippen LogP contribution in [0.4, 0.5) is 0 Å². The van der Waals surface area contributed by atoms with Gasteiger partial charge in [0.15, 0.2) is 0 Å². The second kappa shape index (κ2) is 4.81. The SMILES string of the molecule is CNC(C)C1(N2CCOCC2)CCCC1. The van der Waals surface area contributed by atoms with Crippen molar-refractivity contribution in [3.05, 3.63) is 0 Å². The topological polar surface area (TPSA) is 24.5 Å². The summed E-state index contributed by atoms with van der Waals surface area (Å²) in [6.07, 6.45) is 5.50. The molecule has 0 aromatic rings. The molecule has 1 unspecified atom stereocenters. The lowest BCUT2D eigenvalue weighted by Crippen LogP contribution is -2.60. The van der Waals surface area contributed by atoms with E-state index < -0.39 is 0 Å². The van der Waals surface area contributed by atoms with Gasteiger partial charge in [0, 0.05) is 24.7 Å². The molecule has 0 radical (unpaired) electrons. The first kappa shape index (κ1) is 11.4. The molecule has 0 spiro atoms. The van der Waals surface area contributed by atoms with Crippen molar-refractivity contribution in [1.82, 2.24) is 10.2 Å². The highest BCUT2D eigenvalue weighted by Gasteiger charge is 2.43. The molecule has 1 saturated carbocycles. The zero-order valence-corrected chi connectivity index (χ0v) is 10.1. The van der Waals surface area contributed by atoms with Crippen LogP contribution in [-0.4, -0.2) is 49.8 Å². The molecule has 2 aliphatic rings. The van der Waals surface area contributed by atoms with Crippen LogP contribution >= 0.6 is 0 Å². The van der Waals surface area contributed by atoms with Gasteiger partial charge in [0.25, 0.3) is 0 Å². The molecule has 0 aromatic carbocycles. The summed E-state index contributed by atoms with van der Waals surface area (Å²) in [6, 6.07) is 0.595. The van der Waals surface area contributed by atoms with E-state index in [1.54, 1.807) is 0 Å². The lowest BCUT2D eigenvalue weighted by atomic mass is 9.86. The van der Waals surface area contributed by atoms with Gasteiger partial charge in [-0.25, -0.2) is 0 Å². The minimum absolute atomic E-state index is 0.415. The Morgan fingerprint density at radius 2 is 1.80 bits per heavy atom. The first-order valence-electron chi connectivity index (χ1n) is 6.30. The Hall–Kier alpha value is -0.120. The number of rotatable bonds is 3. The third-order valence-electron chi connectivity index (χ3n) is 4.35. The molecule has 1 aliphatic heterocycles. The van der Waals surface area contributed by atoms with Crippen LogP contribution < -0.4 is 5.32 Å². The Labute approximate surface area is 93.2 Å². The summed E-state index contributed by atoms with van der Waals surface area (Å²) in [4.78, 5) is 2.67. The summed E-state index contributed by atoms with van der Waals surface area (Å²) in [5.41, 5.74) is 0.415. The second-order valence-electron chi connectivity index (χ2n) is 4.92. The lowest BCUT2D eigenvalue weighted by Gasteiger charge is -2.47. The summed E-state index contributed by atoms with van der Waals surface area (Å²) >= 11 is 0. The van der Waals surface area contributed by atoms with Gasteiger partial charge < -0.3 is 10.1 Å². The number of hydrogen-bond acceptors (Lipinski definition) is 3. The third kappa shape index (κ3) is 2.05. The van der Waals surface area contributed by atoms with Gasteiger partial charge in [-0.3, -0.25) is 4.90 Å². The van der Waals surface area contributed by atoms with E-state index in [1.807, 2.05) is 0 Å². The third-order valence-corrected chi connectivity index (χ3v) is 4.35. The summed E-state index contributed by atoms with van der Waals surface area (Å²) in [6.45, 7) is 6.40. The van der Waals surface area contributed by atoms with E-state index in [0.29, 0.717) is 11.6 Å². The fourth-order valence-corrected chi connectivity index (χ4v) is 3.29. The molecular formula is C12H24N2O. The second-order valence-corrected chi connectivity index (χ2v) is 4.92. The monoisotopic (exact) mass is 212 g/mol. The first-order chi connectivity index (χ1) is 7.29. The van der Waals surface area contributed by atoms with E-state index in [2.05, 4.69) is 24.2 Å². The summed E-state index contributed by atoms with van der Waals surface area (Å²) in [5.74, 6) is 0. The fourth-order valence-electron chi connectivity index (χ4n) is 3.29. The molecule has 15 heavy (non-hydrogen) atoms. The van der Waals surface area contributed by atoms with Crippen LogP contribution in [0.1, 0.15) is 32.6 Å². The van der Waals surface area contributed by atoms with Gasteiger partial charge in [0.1, 0.15) is 0 Å². The van der Waals surface area contributed by atoms with Gasteiger partial charge in [0.2, 0.25) is 0 Å². The van der Waals surface area contributed by atoms with E-state index in [0.717, 1.165) is 26.3 Å². The van der Waals surface area contributed by atoms with Crippen molar-refractivity contribution in [3.8, 4) is 0 Å². The van der Waals surface area contributed by atoms with E-state index in [9.17, 15) is 0 Å². The predicted molar refractivity (Wildman–Crippen MR) is 62.1 cm³/mol. The van der Waals surface area contributed by atoms with E-state index in [-0.39, 0.29) is 0 Å². The van der Waals surface area contributed by atoms with Gasteiger partial charge >= 0.3 is 0 Å². The van der Waals surface area contributed by atoms with Gasteiger partial charge in [0.05, 0.1) is 13.2 Å². The standard InChI is InChI=1S/C12H24N2O/c1-11(13-2)12(5-3-4-6-12)14-7-9-15-10-8-14/h11,13H,3-10H2,1-2H3. The van der Waals surface area contributed by atoms with Crippen molar-refractivity contribution in [1.29, 1.82) is 0 Å². The van der Waals surface area contributed by atoms with Crippen LogP contribution in [0.3, 0.4) is 0 Å². The zero-order valence-electron chi connectivity index (χ0n) is 10.1. The van der Waals surface area contributed by atoms with Crippen molar-refractivity contribution in [3.63, 3.8) is 0 Å². The van der Waals surface area contributed by atoms with Gasteiger partial charge in [-0.05, 0) is 26.8 Å². The molecular weight excluding hydrogens is 188 g/mol. The number of ether oxygens (including phenoxy) is 1. The summed E-state index contributed by atoms with van der Waals surface area (Å²) in [7, 11) is 2.09. The Morgan fingerprint density at radius 3 is 2.33 bits per heavy atom. The van der Waals surface area contributed by atoms with E-state index in [4.69, 9.17) is 4.74 Å². The number of morpholine rings is 1. The van der Waals surface area contributed by atoms with Crippen molar-refractivity contribution >= 4 is 0 Å². The Balaban J connectivity index is 2.09. The highest BCUT2D eigenvalue weighted by molar-refractivity contribution is 5.02.